The van der Waals surface area contributed by atoms with Gasteiger partial charge in [0, 0.05) is 38.6 Å². The Morgan fingerprint density at radius 3 is 2.33 bits per heavy atom. The van der Waals surface area contributed by atoms with Gasteiger partial charge >= 0.3 is 0 Å². The summed E-state index contributed by atoms with van der Waals surface area (Å²) >= 11 is 10.9. The molecule has 0 saturated carbocycles. The van der Waals surface area contributed by atoms with E-state index < -0.39 is 0 Å². The van der Waals surface area contributed by atoms with Crippen molar-refractivity contribution in [3.05, 3.63) is 67.0 Å². The lowest BCUT2D eigenvalue weighted by molar-refractivity contribution is -0.00813. The van der Waals surface area contributed by atoms with E-state index in [1.165, 1.54) is 22.0 Å². The third kappa shape index (κ3) is 4.31. The van der Waals surface area contributed by atoms with Gasteiger partial charge in [-0.25, -0.2) is 0 Å². The third-order valence-corrected chi connectivity index (χ3v) is 6.21. The van der Waals surface area contributed by atoms with Gasteiger partial charge in [-0.2, -0.15) is 0 Å². The molecule has 0 aliphatic carbocycles. The van der Waals surface area contributed by atoms with Crippen LogP contribution >= 0.6 is 47.8 Å². The number of likely N-dealkylation sites (N-methyl/N-ethyl adjacent to an activating group) is 1. The molecule has 1 aliphatic rings. The summed E-state index contributed by atoms with van der Waals surface area (Å²) < 4.78 is 3.45. The molecule has 5 heteroatoms. The molecule has 2 aromatic carbocycles. The molecular formula is C19H21Br3N2. The first-order valence-corrected chi connectivity index (χ1v) is 10.4. The van der Waals surface area contributed by atoms with Gasteiger partial charge < -0.3 is 4.90 Å². The summed E-state index contributed by atoms with van der Waals surface area (Å²) in [6.45, 7) is 2.06. The fourth-order valence-corrected chi connectivity index (χ4v) is 5.14. The van der Waals surface area contributed by atoms with Gasteiger partial charge in [0.15, 0.2) is 0 Å². The van der Waals surface area contributed by atoms with Crippen LogP contribution in [0.5, 0.6) is 0 Å². The second kappa shape index (κ2) is 8.00. The Kier molecular flexibility index (Phi) is 6.20. The minimum Gasteiger partial charge on any atom is -0.308 e. The predicted octanol–water partition coefficient (Wildman–Crippen LogP) is 5.85. The second-order valence-electron chi connectivity index (χ2n) is 6.63. The van der Waals surface area contributed by atoms with Crippen LogP contribution in [0.2, 0.25) is 0 Å². The van der Waals surface area contributed by atoms with E-state index >= 15 is 0 Å². The molecule has 0 unspecified atom stereocenters. The molecule has 1 aliphatic heterocycles. The molecule has 1 heterocycles. The van der Waals surface area contributed by atoms with Crippen LogP contribution in [0.1, 0.15) is 23.6 Å². The lowest BCUT2D eigenvalue weighted by atomic mass is 9.86. The van der Waals surface area contributed by atoms with Gasteiger partial charge in [-0.3, -0.25) is 4.90 Å². The maximum atomic E-state index is 3.70. The molecule has 1 fully saturated rings. The number of nitrogens with zero attached hydrogens (tertiary/aromatic N) is 2. The van der Waals surface area contributed by atoms with Gasteiger partial charge in [-0.05, 0) is 55.9 Å². The van der Waals surface area contributed by atoms with Crippen LogP contribution < -0.4 is 0 Å². The molecule has 128 valence electrons. The van der Waals surface area contributed by atoms with Crippen molar-refractivity contribution in [3.63, 3.8) is 0 Å². The number of benzene rings is 2. The first kappa shape index (κ1) is 18.6. The Morgan fingerprint density at radius 1 is 1.04 bits per heavy atom. The molecule has 0 radical (unpaired) electrons. The Morgan fingerprint density at radius 2 is 1.71 bits per heavy atom. The highest BCUT2D eigenvalue weighted by Crippen LogP contribution is 2.42. The number of hydrogen-bond acceptors (Lipinski definition) is 2. The fourth-order valence-electron chi connectivity index (χ4n) is 3.40. The summed E-state index contributed by atoms with van der Waals surface area (Å²) in [7, 11) is 4.30. The zero-order valence-corrected chi connectivity index (χ0v) is 18.6. The largest absolute Gasteiger partial charge is 0.308 e. The van der Waals surface area contributed by atoms with E-state index in [1.54, 1.807) is 0 Å². The molecule has 24 heavy (non-hydrogen) atoms. The van der Waals surface area contributed by atoms with Gasteiger partial charge in [-0.1, -0.05) is 66.0 Å². The van der Waals surface area contributed by atoms with Gasteiger partial charge in [-0.15, -0.1) is 0 Å². The minimum atomic E-state index is 0.468. The molecule has 0 amide bonds. The number of hydrogen-bond donors (Lipinski definition) is 0. The van der Waals surface area contributed by atoms with Crippen LogP contribution in [0.25, 0.3) is 0 Å². The molecule has 2 aromatic rings. The quantitative estimate of drug-likeness (QED) is 0.492. The van der Waals surface area contributed by atoms with Crippen LogP contribution in [0, 0.1) is 0 Å². The van der Waals surface area contributed by atoms with Gasteiger partial charge in [0.25, 0.3) is 0 Å². The second-order valence-corrected chi connectivity index (χ2v) is 9.32. The molecule has 0 N–H and O–H groups in total. The summed E-state index contributed by atoms with van der Waals surface area (Å²) in [4.78, 5) is 4.90. The van der Waals surface area contributed by atoms with Crippen LogP contribution in [0.4, 0.5) is 0 Å². The van der Waals surface area contributed by atoms with E-state index in [-0.39, 0.29) is 0 Å². The van der Waals surface area contributed by atoms with Crippen LogP contribution in [-0.2, 0) is 6.54 Å². The first-order valence-electron chi connectivity index (χ1n) is 8.04. The van der Waals surface area contributed by atoms with Crippen molar-refractivity contribution < 1.29 is 0 Å². The normalized spacial score (nSPS) is 21.1. The predicted molar refractivity (Wildman–Crippen MR) is 111 cm³/mol. The molecule has 3 rings (SSSR count). The van der Waals surface area contributed by atoms with Crippen molar-refractivity contribution in [2.75, 3.05) is 20.6 Å². The lowest BCUT2D eigenvalue weighted by Gasteiger charge is -2.50. The average Bonchev–Trinajstić information content (AvgIpc) is 2.49. The Hall–Kier alpha value is -0.200. The molecule has 1 saturated heterocycles. The molecular weight excluding hydrogens is 496 g/mol. The standard InChI is InChI=1S/C19H21Br3N2/c1-23(2)12-17-10-19(14-7-15(20)9-16(21)8-14)24(17)11-13-5-3-4-6-18(13)22/h3-9,17,19H,10-12H2,1-2H3/t17-,19+/m0/s1. The third-order valence-electron chi connectivity index (χ3n) is 4.52. The summed E-state index contributed by atoms with van der Waals surface area (Å²) in [6, 6.07) is 16.2. The van der Waals surface area contributed by atoms with Crippen molar-refractivity contribution in [2.45, 2.75) is 25.0 Å². The number of likely N-dealkylation sites (tertiary alicyclic amines) is 1. The molecule has 2 nitrogen and oxygen atoms in total. The van der Waals surface area contributed by atoms with Gasteiger partial charge in [0.1, 0.15) is 0 Å². The molecule has 0 aromatic heterocycles. The van der Waals surface area contributed by atoms with Crippen molar-refractivity contribution in [2.24, 2.45) is 0 Å². The monoisotopic (exact) mass is 514 g/mol. The van der Waals surface area contributed by atoms with Crippen molar-refractivity contribution >= 4 is 47.8 Å². The molecule has 2 atom stereocenters. The highest BCUT2D eigenvalue weighted by Gasteiger charge is 2.39. The smallest absolute Gasteiger partial charge is 0.0371 e. The molecule has 0 bridgehead atoms. The van der Waals surface area contributed by atoms with E-state index in [1.807, 2.05) is 0 Å². The average molecular weight is 517 g/mol. The summed E-state index contributed by atoms with van der Waals surface area (Å²) in [5, 5.41) is 0. The van der Waals surface area contributed by atoms with Crippen LogP contribution in [-0.4, -0.2) is 36.5 Å². The zero-order chi connectivity index (χ0) is 17.3. The Bertz CT molecular complexity index is 697. The minimum absolute atomic E-state index is 0.468. The number of rotatable bonds is 5. The van der Waals surface area contributed by atoms with E-state index in [0.29, 0.717) is 12.1 Å². The van der Waals surface area contributed by atoms with Crippen molar-refractivity contribution in [1.82, 2.24) is 9.80 Å². The Labute approximate surface area is 169 Å². The van der Waals surface area contributed by atoms with Crippen molar-refractivity contribution in [3.8, 4) is 0 Å². The SMILES string of the molecule is CN(C)C[C@@H]1C[C@H](c2cc(Br)cc(Br)c2)N1Cc1ccccc1Br. The fraction of sp³-hybridized carbons (Fsp3) is 0.368. The zero-order valence-electron chi connectivity index (χ0n) is 13.8. The van der Waals surface area contributed by atoms with E-state index in [9.17, 15) is 0 Å². The first-order chi connectivity index (χ1) is 11.4. The molecule has 0 spiro atoms. The highest BCUT2D eigenvalue weighted by molar-refractivity contribution is 9.11. The van der Waals surface area contributed by atoms with E-state index in [4.69, 9.17) is 0 Å². The van der Waals surface area contributed by atoms with Crippen LogP contribution in [0.3, 0.4) is 0 Å². The van der Waals surface area contributed by atoms with Crippen molar-refractivity contribution in [1.29, 1.82) is 0 Å². The Balaban J connectivity index is 1.85. The number of halogens is 3. The summed E-state index contributed by atoms with van der Waals surface area (Å²) in [5.74, 6) is 0. The van der Waals surface area contributed by atoms with E-state index in [2.05, 4.69) is 114 Å². The van der Waals surface area contributed by atoms with E-state index in [0.717, 1.165) is 22.0 Å². The van der Waals surface area contributed by atoms with Crippen LogP contribution in [0.15, 0.2) is 55.9 Å². The maximum absolute atomic E-state index is 3.70. The highest BCUT2D eigenvalue weighted by atomic mass is 79.9. The summed E-state index contributed by atoms with van der Waals surface area (Å²) in [5.41, 5.74) is 2.72. The summed E-state index contributed by atoms with van der Waals surface area (Å²) in [6.07, 6.45) is 1.20. The maximum Gasteiger partial charge on any atom is 0.0371 e. The van der Waals surface area contributed by atoms with Gasteiger partial charge in [0.2, 0.25) is 0 Å². The topological polar surface area (TPSA) is 6.48 Å². The van der Waals surface area contributed by atoms with Gasteiger partial charge in [0.05, 0.1) is 0 Å². The lowest BCUT2D eigenvalue weighted by Crippen LogP contribution is -2.53.